The van der Waals surface area contributed by atoms with Gasteiger partial charge in [-0.15, -0.1) is 0 Å². The van der Waals surface area contributed by atoms with Gasteiger partial charge in [0.1, 0.15) is 4.90 Å². The summed E-state index contributed by atoms with van der Waals surface area (Å²) in [4.78, 5) is 0.0721. The summed E-state index contributed by atoms with van der Waals surface area (Å²) in [5.74, 6) is 0.0573. The van der Waals surface area contributed by atoms with Crippen LogP contribution in [0.3, 0.4) is 0 Å². The number of nitrogen functional groups attached to an aromatic ring is 1. The smallest absolute Gasteiger partial charge is 0.246 e. The molecule has 1 aromatic rings. The third-order valence-corrected chi connectivity index (χ3v) is 4.36. The van der Waals surface area contributed by atoms with E-state index < -0.39 is 10.0 Å². The zero-order valence-corrected chi connectivity index (χ0v) is 11.2. The summed E-state index contributed by atoms with van der Waals surface area (Å²) in [6, 6.07) is -0.0658. The number of aryl methyl sites for hydroxylation is 1. The van der Waals surface area contributed by atoms with Gasteiger partial charge in [-0.2, -0.15) is 5.10 Å². The van der Waals surface area contributed by atoms with E-state index in [2.05, 4.69) is 9.82 Å². The summed E-state index contributed by atoms with van der Waals surface area (Å²) in [6.45, 7) is 2.65. The highest BCUT2D eigenvalue weighted by atomic mass is 32.2. The van der Waals surface area contributed by atoms with E-state index in [0.29, 0.717) is 6.54 Å². The first-order chi connectivity index (χ1) is 8.53. The summed E-state index contributed by atoms with van der Waals surface area (Å²) < 4.78 is 28.5. The molecule has 7 heteroatoms. The van der Waals surface area contributed by atoms with Crippen molar-refractivity contribution in [3.05, 3.63) is 18.3 Å². The molecule has 0 bridgehead atoms. The van der Waals surface area contributed by atoms with E-state index >= 15 is 0 Å². The molecule has 3 N–H and O–H groups in total. The number of aromatic nitrogens is 2. The molecule has 0 aliphatic heterocycles. The fourth-order valence-corrected chi connectivity index (χ4v) is 3.30. The van der Waals surface area contributed by atoms with Crippen LogP contribution < -0.4 is 10.5 Å². The predicted molar refractivity (Wildman–Crippen MR) is 69.4 cm³/mol. The highest BCUT2D eigenvalue weighted by Gasteiger charge is 2.24. The summed E-state index contributed by atoms with van der Waals surface area (Å²) >= 11 is 0. The van der Waals surface area contributed by atoms with Crippen LogP contribution in [0.1, 0.15) is 26.2 Å². The minimum absolute atomic E-state index is 0.0573. The van der Waals surface area contributed by atoms with E-state index in [0.717, 1.165) is 19.3 Å². The van der Waals surface area contributed by atoms with Gasteiger partial charge in [-0.3, -0.25) is 4.68 Å². The first kappa shape index (κ1) is 13.1. The summed E-state index contributed by atoms with van der Waals surface area (Å²) in [6.07, 6.45) is 7.75. The Balaban J connectivity index is 2.18. The molecule has 6 nitrogen and oxygen atoms in total. The molecule has 0 fully saturated rings. The second-order valence-electron chi connectivity index (χ2n) is 4.40. The Morgan fingerprint density at radius 2 is 2.17 bits per heavy atom. The van der Waals surface area contributed by atoms with Crippen LogP contribution in [0.15, 0.2) is 23.2 Å². The highest BCUT2D eigenvalue weighted by Crippen LogP contribution is 2.19. The lowest BCUT2D eigenvalue weighted by molar-refractivity contribution is 0.556. The fourth-order valence-electron chi connectivity index (χ4n) is 1.97. The number of nitrogens with zero attached hydrogens (tertiary/aromatic N) is 2. The Labute approximate surface area is 107 Å². The van der Waals surface area contributed by atoms with Crippen LogP contribution in [0.25, 0.3) is 0 Å². The van der Waals surface area contributed by atoms with Gasteiger partial charge in [0.05, 0.1) is 0 Å². The predicted octanol–water partition coefficient (Wildman–Crippen LogP) is 0.872. The van der Waals surface area contributed by atoms with Gasteiger partial charge in [-0.1, -0.05) is 19.1 Å². The quantitative estimate of drug-likeness (QED) is 0.777. The Bertz CT molecular complexity index is 539. The van der Waals surface area contributed by atoms with Crippen molar-refractivity contribution in [2.75, 3.05) is 5.73 Å². The molecule has 0 spiro atoms. The first-order valence-corrected chi connectivity index (χ1v) is 7.51. The number of anilines is 1. The Hall–Kier alpha value is -1.34. The molecule has 0 saturated carbocycles. The molecule has 1 aliphatic carbocycles. The molecule has 0 atom stereocenters. The molecular formula is C11H18N4O2S. The summed E-state index contributed by atoms with van der Waals surface area (Å²) in [5.41, 5.74) is 5.67. The lowest BCUT2D eigenvalue weighted by Crippen LogP contribution is -2.33. The van der Waals surface area contributed by atoms with Crippen molar-refractivity contribution in [3.8, 4) is 0 Å². The van der Waals surface area contributed by atoms with Gasteiger partial charge in [-0.25, -0.2) is 13.1 Å². The second-order valence-corrected chi connectivity index (χ2v) is 6.09. The molecule has 18 heavy (non-hydrogen) atoms. The van der Waals surface area contributed by atoms with Gasteiger partial charge < -0.3 is 5.73 Å². The zero-order chi connectivity index (χ0) is 13.2. The number of sulfonamides is 1. The maximum Gasteiger partial charge on any atom is 0.246 e. The van der Waals surface area contributed by atoms with Crippen molar-refractivity contribution in [1.82, 2.24) is 14.5 Å². The lowest BCUT2D eigenvalue weighted by Gasteiger charge is -2.11. The minimum atomic E-state index is -3.57. The Morgan fingerprint density at radius 3 is 2.78 bits per heavy atom. The van der Waals surface area contributed by atoms with Crippen LogP contribution in [-0.2, 0) is 16.6 Å². The molecule has 1 heterocycles. The Kier molecular flexibility index (Phi) is 3.72. The lowest BCUT2D eigenvalue weighted by atomic mass is 10.3. The van der Waals surface area contributed by atoms with Gasteiger partial charge in [0, 0.05) is 18.8 Å². The monoisotopic (exact) mass is 270 g/mol. The van der Waals surface area contributed by atoms with Crippen LogP contribution in [0, 0.1) is 0 Å². The number of nitrogens with one attached hydrogen (secondary N) is 1. The standard InChI is InChI=1S/C11H18N4O2S/c1-2-7-15-8-10(11(12)13-15)18(16,17)14-9-5-3-4-6-9/h3-4,8-9,14H,2,5-7H2,1H3,(H2,12,13). The number of hydrogen-bond donors (Lipinski definition) is 2. The number of rotatable bonds is 5. The molecule has 0 unspecified atom stereocenters. The number of hydrogen-bond acceptors (Lipinski definition) is 4. The van der Waals surface area contributed by atoms with Gasteiger partial charge in [0.15, 0.2) is 5.82 Å². The van der Waals surface area contributed by atoms with Gasteiger partial charge in [0.2, 0.25) is 10.0 Å². The van der Waals surface area contributed by atoms with Crippen molar-refractivity contribution < 1.29 is 8.42 Å². The molecular weight excluding hydrogens is 252 g/mol. The largest absolute Gasteiger partial charge is 0.381 e. The molecule has 0 aromatic carbocycles. The van der Waals surface area contributed by atoms with Gasteiger partial charge in [-0.05, 0) is 19.3 Å². The average Bonchev–Trinajstić information content (AvgIpc) is 2.88. The van der Waals surface area contributed by atoms with Crippen molar-refractivity contribution in [1.29, 1.82) is 0 Å². The fraction of sp³-hybridized carbons (Fsp3) is 0.545. The maximum atomic E-state index is 12.2. The summed E-state index contributed by atoms with van der Waals surface area (Å²) in [5, 5.41) is 4.00. The van der Waals surface area contributed by atoms with E-state index in [-0.39, 0.29) is 16.8 Å². The van der Waals surface area contributed by atoms with Crippen LogP contribution in [0.5, 0.6) is 0 Å². The second kappa shape index (κ2) is 5.11. The van der Waals surface area contributed by atoms with E-state index in [1.54, 1.807) is 4.68 Å². The third kappa shape index (κ3) is 2.73. The van der Waals surface area contributed by atoms with E-state index in [9.17, 15) is 8.42 Å². The van der Waals surface area contributed by atoms with Crippen LogP contribution in [-0.4, -0.2) is 24.2 Å². The molecule has 0 radical (unpaired) electrons. The van der Waals surface area contributed by atoms with Crippen LogP contribution in [0.4, 0.5) is 5.82 Å². The van der Waals surface area contributed by atoms with Crippen molar-refractivity contribution >= 4 is 15.8 Å². The SMILES string of the molecule is CCCn1cc(S(=O)(=O)NC2CC=CC2)c(N)n1. The highest BCUT2D eigenvalue weighted by molar-refractivity contribution is 7.89. The normalized spacial score (nSPS) is 16.5. The van der Waals surface area contributed by atoms with Crippen LogP contribution >= 0.6 is 0 Å². The summed E-state index contributed by atoms with van der Waals surface area (Å²) in [7, 11) is -3.57. The topological polar surface area (TPSA) is 90.0 Å². The third-order valence-electron chi connectivity index (χ3n) is 2.83. The minimum Gasteiger partial charge on any atom is -0.381 e. The number of nitrogens with two attached hydrogens (primary N) is 1. The maximum absolute atomic E-state index is 12.2. The van der Waals surface area contributed by atoms with E-state index in [1.807, 2.05) is 19.1 Å². The molecule has 100 valence electrons. The molecule has 2 rings (SSSR count). The van der Waals surface area contributed by atoms with E-state index in [4.69, 9.17) is 5.73 Å². The molecule has 1 aromatic heterocycles. The molecule has 0 saturated heterocycles. The molecule has 0 amide bonds. The average molecular weight is 270 g/mol. The van der Waals surface area contributed by atoms with Gasteiger partial charge in [0.25, 0.3) is 0 Å². The van der Waals surface area contributed by atoms with Crippen molar-refractivity contribution in [2.24, 2.45) is 0 Å². The van der Waals surface area contributed by atoms with Crippen LogP contribution in [0.2, 0.25) is 0 Å². The zero-order valence-electron chi connectivity index (χ0n) is 10.3. The van der Waals surface area contributed by atoms with E-state index in [1.165, 1.54) is 6.20 Å². The van der Waals surface area contributed by atoms with Crippen molar-refractivity contribution in [3.63, 3.8) is 0 Å². The van der Waals surface area contributed by atoms with Gasteiger partial charge >= 0.3 is 0 Å². The Morgan fingerprint density at radius 1 is 1.50 bits per heavy atom. The van der Waals surface area contributed by atoms with Crippen molar-refractivity contribution in [2.45, 2.75) is 43.7 Å². The molecule has 1 aliphatic rings. The first-order valence-electron chi connectivity index (χ1n) is 6.03.